The maximum atomic E-state index is 4.03. The number of hydrogen-bond donors (Lipinski definition) is 3. The van der Waals surface area contributed by atoms with Gasteiger partial charge in [0.15, 0.2) is 22.6 Å². The average Bonchev–Trinajstić information content (AvgIpc) is 3.17. The van der Waals surface area contributed by atoms with Crippen molar-refractivity contribution in [3.05, 3.63) is 107 Å². The zero-order valence-electron chi connectivity index (χ0n) is 31.4. The number of nitrogens with zero attached hydrogens (tertiary/aromatic N) is 3. The number of aryl methyl sites for hydroxylation is 5. The molecule has 51 heavy (non-hydrogen) atoms. The van der Waals surface area contributed by atoms with Crippen molar-refractivity contribution in [2.24, 2.45) is 7.05 Å². The Morgan fingerprint density at radius 1 is 0.412 bits per heavy atom. The van der Waals surface area contributed by atoms with Crippen LogP contribution in [0.2, 0.25) is 0 Å². The van der Waals surface area contributed by atoms with E-state index < -0.39 is 0 Å². The van der Waals surface area contributed by atoms with Crippen LogP contribution < -0.4 is 0 Å². The molecule has 0 fully saturated rings. The van der Waals surface area contributed by atoms with Crippen LogP contribution in [-0.2, 0) is 32.7 Å². The predicted molar refractivity (Wildman–Crippen MR) is 218 cm³/mol. The van der Waals surface area contributed by atoms with Gasteiger partial charge in [-0.3, -0.25) is 9.13 Å². The quantitative estimate of drug-likeness (QED) is 0.0958. The van der Waals surface area contributed by atoms with Crippen LogP contribution in [0.4, 0.5) is 0 Å². The van der Waals surface area contributed by atoms with Crippen LogP contribution in [0.1, 0.15) is 101 Å². The van der Waals surface area contributed by atoms with E-state index >= 15 is 0 Å². The van der Waals surface area contributed by atoms with Gasteiger partial charge in [-0.25, -0.2) is 0 Å². The van der Waals surface area contributed by atoms with Crippen molar-refractivity contribution in [3.8, 4) is 11.4 Å². The first-order valence-electron chi connectivity index (χ1n) is 19.6. The lowest BCUT2D eigenvalue weighted by Gasteiger charge is -2.23. The molecule has 0 saturated heterocycles. The van der Waals surface area contributed by atoms with Gasteiger partial charge in [0, 0.05) is 18.4 Å². The Labute approximate surface area is 302 Å². The van der Waals surface area contributed by atoms with Gasteiger partial charge in [-0.05, 0) is 122 Å². The van der Waals surface area contributed by atoms with Crippen molar-refractivity contribution in [1.29, 1.82) is 0 Å². The molecule has 3 heterocycles. The maximum Gasteiger partial charge on any atom is 0.159 e. The summed E-state index contributed by atoms with van der Waals surface area (Å²) in [5.74, 6) is 0. The van der Waals surface area contributed by atoms with Crippen molar-refractivity contribution in [3.63, 3.8) is 0 Å². The summed E-state index contributed by atoms with van der Waals surface area (Å²) >= 11 is 0. The van der Waals surface area contributed by atoms with Gasteiger partial charge in [0.25, 0.3) is 0 Å². The van der Waals surface area contributed by atoms with E-state index in [1.54, 1.807) is 0 Å². The second-order valence-electron chi connectivity index (χ2n) is 14.4. The number of hydrogen-bond acceptors (Lipinski definition) is 0. The van der Waals surface area contributed by atoms with Crippen LogP contribution in [-0.4, -0.2) is 28.7 Å². The van der Waals surface area contributed by atoms with Crippen molar-refractivity contribution >= 4 is 44.7 Å². The van der Waals surface area contributed by atoms with Crippen LogP contribution in [0.5, 0.6) is 0 Å². The largest absolute Gasteiger partial charge is 0.337 e. The Morgan fingerprint density at radius 2 is 0.765 bits per heavy atom. The normalized spacial score (nSPS) is 11.8. The Kier molecular flexibility index (Phi) is 10.6. The minimum atomic E-state index is 1.02. The zero-order chi connectivity index (χ0) is 35.3. The third-order valence-corrected chi connectivity index (χ3v) is 10.6. The minimum Gasteiger partial charge on any atom is -0.337 e. The van der Waals surface area contributed by atoms with Crippen molar-refractivity contribution in [1.82, 2.24) is 28.7 Å². The van der Waals surface area contributed by atoms with E-state index in [0.717, 1.165) is 70.7 Å². The van der Waals surface area contributed by atoms with E-state index in [-0.39, 0.29) is 0 Å². The fraction of sp³-hybridized carbons (Fsp3) is 0.378. The van der Waals surface area contributed by atoms with Crippen LogP contribution in [0.15, 0.2) is 84.9 Å². The molecule has 3 aromatic heterocycles. The third-order valence-electron chi connectivity index (χ3n) is 10.6. The summed E-state index contributed by atoms with van der Waals surface area (Å²) in [7, 11) is 2.17. The van der Waals surface area contributed by atoms with E-state index in [0.29, 0.717) is 0 Å². The SMILES string of the molecule is CCCCc1ccc(-n2c3cc(CCCC)ccc3[nH]c3c2[nH]c2c([nH]c4ccc(CCCC)cc4n2-c2ccc(CCCC)cc2)n3C)cc1. The van der Waals surface area contributed by atoms with Crippen LogP contribution in [0.3, 0.4) is 0 Å². The lowest BCUT2D eigenvalue weighted by atomic mass is 10.1. The molecule has 266 valence electrons. The summed E-state index contributed by atoms with van der Waals surface area (Å²) in [6.45, 7) is 9.06. The summed E-state index contributed by atoms with van der Waals surface area (Å²) < 4.78 is 7.15. The Morgan fingerprint density at radius 3 is 1.14 bits per heavy atom. The Balaban J connectivity index is 1.56. The minimum absolute atomic E-state index is 1.02. The third kappa shape index (κ3) is 7.06. The van der Waals surface area contributed by atoms with Crippen molar-refractivity contribution < 1.29 is 0 Å². The second kappa shape index (κ2) is 15.6. The molecular weight excluding hydrogens is 625 g/mol. The number of H-pyrrole nitrogens is 3. The first-order chi connectivity index (χ1) is 25.0. The fourth-order valence-corrected chi connectivity index (χ4v) is 7.50. The number of nitrogens with one attached hydrogen (secondary N) is 3. The monoisotopic (exact) mass is 680 g/mol. The Hall–Kier alpha value is -4.84. The molecule has 0 amide bonds. The van der Waals surface area contributed by atoms with Gasteiger partial charge < -0.3 is 19.5 Å². The lowest BCUT2D eigenvalue weighted by Crippen LogP contribution is -2.14. The Bertz CT molecular complexity index is 2150. The molecule has 0 unspecified atom stereocenters. The van der Waals surface area contributed by atoms with Gasteiger partial charge in [0.1, 0.15) is 0 Å². The molecule has 0 atom stereocenters. The number of aromatic amines is 3. The molecule has 6 heteroatoms. The number of rotatable bonds is 14. The van der Waals surface area contributed by atoms with Gasteiger partial charge in [0.05, 0.1) is 22.1 Å². The molecule has 7 rings (SSSR count). The molecule has 0 bridgehead atoms. The average molecular weight is 681 g/mol. The van der Waals surface area contributed by atoms with E-state index in [4.69, 9.17) is 0 Å². The summed E-state index contributed by atoms with van der Waals surface area (Å²) in [5, 5.41) is 0. The highest BCUT2D eigenvalue weighted by atomic mass is 15.2. The highest BCUT2D eigenvalue weighted by Gasteiger charge is 2.18. The number of unbranched alkanes of at least 4 members (excludes halogenated alkanes) is 4. The van der Waals surface area contributed by atoms with Gasteiger partial charge in [-0.2, -0.15) is 0 Å². The first kappa shape index (κ1) is 34.6. The second-order valence-corrected chi connectivity index (χ2v) is 14.4. The molecule has 0 radical (unpaired) electrons. The molecule has 0 aliphatic carbocycles. The molecule has 0 saturated carbocycles. The standard InChI is InChI=1S/C45H56N6/c1-6-10-14-32-18-24-36(25-19-32)50-40-30-34(16-12-8-3)22-28-38(40)46-42-44(50)48-45-43(49(42)5)47-39-29-23-35(17-13-9-4)31-41(39)51(45)37-26-20-33(21-27-37)15-11-7-2/h18-31,46-48H,6-17H2,1-5H3. The molecule has 0 spiro atoms. The van der Waals surface area contributed by atoms with Crippen LogP contribution in [0.25, 0.3) is 56.0 Å². The van der Waals surface area contributed by atoms with Gasteiger partial charge in [0.2, 0.25) is 0 Å². The predicted octanol–water partition coefficient (Wildman–Crippen LogP) is 12.3. The highest BCUT2D eigenvalue weighted by Crippen LogP contribution is 2.31. The summed E-state index contributed by atoms with van der Waals surface area (Å²) in [6, 6.07) is 32.3. The number of fused-ring (bicyclic) bond motifs is 4. The van der Waals surface area contributed by atoms with Crippen molar-refractivity contribution in [2.45, 2.75) is 105 Å². The summed E-state index contributed by atoms with van der Waals surface area (Å²) in [4.78, 5) is 11.7. The molecule has 0 aliphatic rings. The molecule has 4 aromatic carbocycles. The smallest absolute Gasteiger partial charge is 0.159 e. The van der Waals surface area contributed by atoms with Crippen LogP contribution in [0, 0.1) is 0 Å². The molecule has 3 N–H and O–H groups in total. The van der Waals surface area contributed by atoms with E-state index in [1.807, 2.05) is 0 Å². The summed E-state index contributed by atoms with van der Waals surface area (Å²) in [5.41, 5.74) is 16.5. The van der Waals surface area contributed by atoms with Gasteiger partial charge >= 0.3 is 0 Å². The first-order valence-corrected chi connectivity index (χ1v) is 19.6. The lowest BCUT2D eigenvalue weighted by molar-refractivity contribution is 0.794. The topological polar surface area (TPSA) is 62.2 Å². The molecular formula is C45H56N6. The van der Waals surface area contributed by atoms with Crippen molar-refractivity contribution in [2.75, 3.05) is 0 Å². The highest BCUT2D eigenvalue weighted by molar-refractivity contribution is 5.93. The summed E-state index contributed by atoms with van der Waals surface area (Å²) in [6.07, 6.45) is 13.9. The van der Waals surface area contributed by atoms with Gasteiger partial charge in [-0.15, -0.1) is 0 Å². The van der Waals surface area contributed by atoms with E-state index in [2.05, 4.69) is 148 Å². The number of aromatic nitrogens is 6. The van der Waals surface area contributed by atoms with E-state index in [9.17, 15) is 0 Å². The zero-order valence-corrected chi connectivity index (χ0v) is 31.4. The van der Waals surface area contributed by atoms with Crippen LogP contribution >= 0.6 is 0 Å². The molecule has 0 aliphatic heterocycles. The number of benzene rings is 4. The maximum absolute atomic E-state index is 4.03. The molecule has 6 nitrogen and oxygen atoms in total. The van der Waals surface area contributed by atoms with Gasteiger partial charge in [-0.1, -0.05) is 89.8 Å². The fourth-order valence-electron chi connectivity index (χ4n) is 7.50. The van der Waals surface area contributed by atoms with E-state index in [1.165, 1.54) is 84.7 Å². The molecule has 7 aromatic rings.